The molecule has 112 valence electrons. The van der Waals surface area contributed by atoms with Crippen LogP contribution < -0.4 is 5.32 Å². The van der Waals surface area contributed by atoms with Gasteiger partial charge in [0.15, 0.2) is 0 Å². The van der Waals surface area contributed by atoms with Crippen molar-refractivity contribution in [2.45, 2.75) is 27.7 Å². The van der Waals surface area contributed by atoms with Crippen LogP contribution in [0.25, 0.3) is 0 Å². The first-order chi connectivity index (χ1) is 9.86. The molecule has 0 unspecified atom stereocenters. The first-order valence-corrected chi connectivity index (χ1v) is 6.97. The summed E-state index contributed by atoms with van der Waals surface area (Å²) < 4.78 is 0. The minimum atomic E-state index is -1.14. The third-order valence-corrected chi connectivity index (χ3v) is 3.42. The molecule has 1 rings (SSSR count). The van der Waals surface area contributed by atoms with Gasteiger partial charge >= 0.3 is 0 Å². The maximum absolute atomic E-state index is 12.4. The molecule has 0 bridgehead atoms. The van der Waals surface area contributed by atoms with Crippen LogP contribution >= 0.6 is 0 Å². The summed E-state index contributed by atoms with van der Waals surface area (Å²) in [6.07, 6.45) is 0. The number of amides is 2. The van der Waals surface area contributed by atoms with Crippen molar-refractivity contribution in [2.24, 2.45) is 5.41 Å². The van der Waals surface area contributed by atoms with Crippen molar-refractivity contribution in [1.82, 2.24) is 4.90 Å². The van der Waals surface area contributed by atoms with Crippen LogP contribution in [0, 0.1) is 16.7 Å². The van der Waals surface area contributed by atoms with E-state index in [2.05, 4.69) is 5.32 Å². The molecule has 2 amide bonds. The van der Waals surface area contributed by atoms with Crippen molar-refractivity contribution in [2.75, 3.05) is 18.4 Å². The van der Waals surface area contributed by atoms with E-state index in [1.54, 1.807) is 43.0 Å². The molecule has 21 heavy (non-hydrogen) atoms. The van der Waals surface area contributed by atoms with Crippen LogP contribution in [0.3, 0.4) is 0 Å². The van der Waals surface area contributed by atoms with Crippen molar-refractivity contribution in [3.8, 4) is 6.07 Å². The van der Waals surface area contributed by atoms with Crippen molar-refractivity contribution < 1.29 is 9.59 Å². The zero-order chi connectivity index (χ0) is 16.0. The molecule has 0 heterocycles. The molecule has 0 fully saturated rings. The van der Waals surface area contributed by atoms with Crippen LogP contribution in [0.1, 0.15) is 33.3 Å². The lowest BCUT2D eigenvalue weighted by Gasteiger charge is -2.29. The van der Waals surface area contributed by atoms with E-state index < -0.39 is 5.41 Å². The van der Waals surface area contributed by atoms with Crippen LogP contribution in [-0.4, -0.2) is 29.8 Å². The molecule has 5 heteroatoms. The summed E-state index contributed by atoms with van der Waals surface area (Å²) in [7, 11) is 0. The quantitative estimate of drug-likeness (QED) is 0.845. The summed E-state index contributed by atoms with van der Waals surface area (Å²) in [4.78, 5) is 26.4. The standard InChI is InChI=1S/C16H21N3O2/c1-5-19(6-2)15(21)16(3,4)14(20)18-13-9-7-12(11-17)8-10-13/h7-10H,5-6H2,1-4H3,(H,18,20). The molecule has 0 aliphatic carbocycles. The Hall–Kier alpha value is -2.35. The van der Waals surface area contributed by atoms with E-state index in [9.17, 15) is 9.59 Å². The lowest BCUT2D eigenvalue weighted by atomic mass is 9.90. The molecule has 1 N–H and O–H groups in total. The summed E-state index contributed by atoms with van der Waals surface area (Å²) in [6, 6.07) is 8.55. The number of nitrogens with zero attached hydrogens (tertiary/aromatic N) is 2. The second-order valence-electron chi connectivity index (χ2n) is 5.25. The van der Waals surface area contributed by atoms with Crippen molar-refractivity contribution in [3.05, 3.63) is 29.8 Å². The Morgan fingerprint density at radius 2 is 1.71 bits per heavy atom. The van der Waals surface area contributed by atoms with E-state index in [1.165, 1.54) is 0 Å². The van der Waals surface area contributed by atoms with E-state index in [0.717, 1.165) is 0 Å². The fraction of sp³-hybridized carbons (Fsp3) is 0.438. The Morgan fingerprint density at radius 3 is 2.14 bits per heavy atom. The summed E-state index contributed by atoms with van der Waals surface area (Å²) in [6.45, 7) is 8.15. The second-order valence-corrected chi connectivity index (χ2v) is 5.25. The van der Waals surface area contributed by atoms with Crippen LogP contribution in [-0.2, 0) is 9.59 Å². The molecule has 0 atom stereocenters. The highest BCUT2D eigenvalue weighted by Gasteiger charge is 2.38. The van der Waals surface area contributed by atoms with E-state index in [0.29, 0.717) is 24.3 Å². The molecule has 0 aromatic heterocycles. The number of rotatable bonds is 5. The van der Waals surface area contributed by atoms with Gasteiger partial charge in [0.25, 0.3) is 0 Å². The van der Waals surface area contributed by atoms with Crippen LogP contribution in [0.4, 0.5) is 5.69 Å². The van der Waals surface area contributed by atoms with Gasteiger partial charge < -0.3 is 10.2 Å². The van der Waals surface area contributed by atoms with E-state index in [1.807, 2.05) is 19.9 Å². The SMILES string of the molecule is CCN(CC)C(=O)C(C)(C)C(=O)Nc1ccc(C#N)cc1. The van der Waals surface area contributed by atoms with Gasteiger partial charge in [-0.1, -0.05) is 0 Å². The monoisotopic (exact) mass is 287 g/mol. The van der Waals surface area contributed by atoms with Crippen LogP contribution in [0.2, 0.25) is 0 Å². The first kappa shape index (κ1) is 16.7. The number of anilines is 1. The first-order valence-electron chi connectivity index (χ1n) is 6.97. The largest absolute Gasteiger partial charge is 0.342 e. The summed E-state index contributed by atoms with van der Waals surface area (Å²) in [5.41, 5.74) is -0.0502. The lowest BCUT2D eigenvalue weighted by Crippen LogP contribution is -2.47. The maximum Gasteiger partial charge on any atom is 0.239 e. The zero-order valence-electron chi connectivity index (χ0n) is 12.9. The number of carbonyl (C=O) groups is 2. The Morgan fingerprint density at radius 1 is 1.19 bits per heavy atom. The molecule has 0 spiro atoms. The molecule has 1 aromatic rings. The molecule has 0 saturated carbocycles. The Bertz CT molecular complexity index is 552. The molecular weight excluding hydrogens is 266 g/mol. The number of hydrogen-bond donors (Lipinski definition) is 1. The van der Waals surface area contributed by atoms with Crippen molar-refractivity contribution >= 4 is 17.5 Å². The van der Waals surface area contributed by atoms with Crippen molar-refractivity contribution in [3.63, 3.8) is 0 Å². The van der Waals surface area contributed by atoms with Gasteiger partial charge in [-0.3, -0.25) is 9.59 Å². The van der Waals surface area contributed by atoms with Crippen LogP contribution in [0.15, 0.2) is 24.3 Å². The molecule has 1 aromatic carbocycles. The smallest absolute Gasteiger partial charge is 0.239 e. The lowest BCUT2D eigenvalue weighted by molar-refractivity contribution is -0.146. The average molecular weight is 287 g/mol. The number of benzene rings is 1. The van der Waals surface area contributed by atoms with Gasteiger partial charge in [-0.2, -0.15) is 5.26 Å². The van der Waals surface area contributed by atoms with Gasteiger partial charge in [-0.05, 0) is 52.0 Å². The van der Waals surface area contributed by atoms with Gasteiger partial charge in [0, 0.05) is 18.8 Å². The number of nitriles is 1. The Labute approximate surface area is 125 Å². The van der Waals surface area contributed by atoms with E-state index in [4.69, 9.17) is 5.26 Å². The second kappa shape index (κ2) is 6.89. The fourth-order valence-corrected chi connectivity index (χ4v) is 1.92. The minimum Gasteiger partial charge on any atom is -0.342 e. The van der Waals surface area contributed by atoms with Gasteiger partial charge in [-0.25, -0.2) is 0 Å². The zero-order valence-corrected chi connectivity index (χ0v) is 12.9. The molecule has 5 nitrogen and oxygen atoms in total. The summed E-state index contributed by atoms with van der Waals surface area (Å²) >= 11 is 0. The summed E-state index contributed by atoms with van der Waals surface area (Å²) in [5.74, 6) is -0.553. The van der Waals surface area contributed by atoms with E-state index >= 15 is 0 Å². The van der Waals surface area contributed by atoms with E-state index in [-0.39, 0.29) is 11.8 Å². The molecule has 0 aliphatic rings. The number of hydrogen-bond acceptors (Lipinski definition) is 3. The van der Waals surface area contributed by atoms with Gasteiger partial charge in [0.05, 0.1) is 11.6 Å². The Kier molecular flexibility index (Phi) is 5.48. The molecule has 0 radical (unpaired) electrons. The Balaban J connectivity index is 2.85. The predicted molar refractivity (Wildman–Crippen MR) is 81.5 cm³/mol. The third-order valence-electron chi connectivity index (χ3n) is 3.42. The highest BCUT2D eigenvalue weighted by molar-refractivity contribution is 6.09. The van der Waals surface area contributed by atoms with Gasteiger partial charge in [0.1, 0.15) is 5.41 Å². The maximum atomic E-state index is 12.4. The van der Waals surface area contributed by atoms with Crippen LogP contribution in [0.5, 0.6) is 0 Å². The van der Waals surface area contributed by atoms with Gasteiger partial charge in [0.2, 0.25) is 11.8 Å². The average Bonchev–Trinajstić information content (AvgIpc) is 2.49. The third kappa shape index (κ3) is 3.82. The molecule has 0 saturated heterocycles. The predicted octanol–water partition coefficient (Wildman–Crippen LogP) is 2.39. The molecule has 0 aliphatic heterocycles. The highest BCUT2D eigenvalue weighted by atomic mass is 16.2. The van der Waals surface area contributed by atoms with Crippen molar-refractivity contribution in [1.29, 1.82) is 5.26 Å². The minimum absolute atomic E-state index is 0.196. The fourth-order valence-electron chi connectivity index (χ4n) is 1.92. The van der Waals surface area contributed by atoms with Gasteiger partial charge in [-0.15, -0.1) is 0 Å². The number of carbonyl (C=O) groups excluding carboxylic acids is 2. The topological polar surface area (TPSA) is 73.2 Å². The molecular formula is C16H21N3O2. The number of nitrogens with one attached hydrogen (secondary N) is 1. The highest BCUT2D eigenvalue weighted by Crippen LogP contribution is 2.22. The summed E-state index contributed by atoms with van der Waals surface area (Å²) in [5, 5.41) is 11.5. The normalized spacial score (nSPS) is 10.6.